The van der Waals surface area contributed by atoms with E-state index in [1.807, 2.05) is 24.3 Å². The molecule has 3 rings (SSSR count). The van der Waals surface area contributed by atoms with Gasteiger partial charge < -0.3 is 10.1 Å². The summed E-state index contributed by atoms with van der Waals surface area (Å²) < 4.78 is 5.36. The Labute approximate surface area is 152 Å². The summed E-state index contributed by atoms with van der Waals surface area (Å²) in [7, 11) is 0. The summed E-state index contributed by atoms with van der Waals surface area (Å²) in [4.78, 5) is 17.3. The predicted octanol–water partition coefficient (Wildman–Crippen LogP) is 4.75. The van der Waals surface area contributed by atoms with Gasteiger partial charge in [0.15, 0.2) is 0 Å². The van der Waals surface area contributed by atoms with Gasteiger partial charge >= 0.3 is 0 Å². The molecule has 4 nitrogen and oxygen atoms in total. The van der Waals surface area contributed by atoms with E-state index in [-0.39, 0.29) is 5.91 Å². The van der Waals surface area contributed by atoms with Gasteiger partial charge in [0.1, 0.15) is 6.61 Å². The fourth-order valence-electron chi connectivity index (χ4n) is 3.33. The highest BCUT2D eigenvalue weighted by atomic mass is 35.5. The Kier molecular flexibility index (Phi) is 5.39. The molecule has 1 aliphatic carbocycles. The van der Waals surface area contributed by atoms with Gasteiger partial charge in [0.25, 0.3) is 0 Å². The third-order valence-electron chi connectivity index (χ3n) is 4.63. The number of nitrogens with one attached hydrogen (secondary N) is 1. The molecule has 1 heterocycles. The molecule has 130 valence electrons. The highest BCUT2D eigenvalue weighted by Gasteiger charge is 2.42. The molecule has 1 aliphatic rings. The van der Waals surface area contributed by atoms with Gasteiger partial charge in [-0.3, -0.25) is 4.79 Å². The zero-order valence-corrected chi connectivity index (χ0v) is 14.8. The third-order valence-corrected chi connectivity index (χ3v) is 4.88. The molecule has 1 aromatic heterocycles. The summed E-state index contributed by atoms with van der Waals surface area (Å²) in [5.41, 5.74) is 1.18. The number of benzene rings is 1. The number of anilines is 1. The van der Waals surface area contributed by atoms with Crippen LogP contribution in [0.15, 0.2) is 55.3 Å². The third kappa shape index (κ3) is 3.85. The van der Waals surface area contributed by atoms with Gasteiger partial charge in [0, 0.05) is 11.1 Å². The van der Waals surface area contributed by atoms with E-state index >= 15 is 0 Å². The normalized spacial score (nSPS) is 15.6. The second-order valence-corrected chi connectivity index (χ2v) is 6.67. The lowest BCUT2D eigenvalue weighted by atomic mass is 9.78. The second-order valence-electron chi connectivity index (χ2n) is 6.24. The van der Waals surface area contributed by atoms with E-state index in [0.717, 1.165) is 31.2 Å². The zero-order chi connectivity index (χ0) is 17.7. The highest BCUT2D eigenvalue weighted by molar-refractivity contribution is 6.30. The van der Waals surface area contributed by atoms with Crippen molar-refractivity contribution < 1.29 is 9.53 Å². The first-order valence-electron chi connectivity index (χ1n) is 8.41. The van der Waals surface area contributed by atoms with Crippen LogP contribution in [0.2, 0.25) is 5.02 Å². The molecule has 0 unspecified atom stereocenters. The Morgan fingerprint density at radius 3 is 2.56 bits per heavy atom. The van der Waals surface area contributed by atoms with Crippen molar-refractivity contribution >= 4 is 23.2 Å². The van der Waals surface area contributed by atoms with E-state index in [0.29, 0.717) is 23.2 Å². The number of amides is 1. The van der Waals surface area contributed by atoms with Crippen molar-refractivity contribution in [1.29, 1.82) is 0 Å². The van der Waals surface area contributed by atoms with Crippen LogP contribution in [0.3, 0.4) is 0 Å². The van der Waals surface area contributed by atoms with E-state index < -0.39 is 5.41 Å². The van der Waals surface area contributed by atoms with Crippen molar-refractivity contribution in [3.8, 4) is 5.88 Å². The van der Waals surface area contributed by atoms with Crippen molar-refractivity contribution in [2.75, 3.05) is 11.9 Å². The minimum absolute atomic E-state index is 0.00822. The standard InChI is InChI=1S/C20H21ClN2O2/c1-2-13-25-18-10-9-17(14-22-18)23-19(24)20(11-3-4-12-20)15-5-7-16(21)8-6-15/h2,5-10,14H,1,3-4,11-13H2,(H,23,24). The Morgan fingerprint density at radius 2 is 1.96 bits per heavy atom. The first-order chi connectivity index (χ1) is 12.1. The summed E-state index contributed by atoms with van der Waals surface area (Å²) in [6, 6.07) is 11.1. The molecule has 0 spiro atoms. The molecule has 1 amide bonds. The van der Waals surface area contributed by atoms with Gasteiger partial charge in [-0.15, -0.1) is 0 Å². The van der Waals surface area contributed by atoms with E-state index in [9.17, 15) is 4.79 Å². The van der Waals surface area contributed by atoms with Crippen LogP contribution in [0, 0.1) is 0 Å². The number of hydrogen-bond donors (Lipinski definition) is 1. The zero-order valence-electron chi connectivity index (χ0n) is 14.0. The number of nitrogens with zero attached hydrogens (tertiary/aromatic N) is 1. The lowest BCUT2D eigenvalue weighted by Gasteiger charge is -2.28. The molecule has 5 heteroatoms. The maximum atomic E-state index is 13.1. The summed E-state index contributed by atoms with van der Waals surface area (Å²) in [6.07, 6.45) is 7.04. The number of rotatable bonds is 6. The number of carbonyl (C=O) groups excluding carboxylic acids is 1. The number of halogens is 1. The molecule has 1 N–H and O–H groups in total. The van der Waals surface area contributed by atoms with Crippen LogP contribution in [0.5, 0.6) is 5.88 Å². The molecule has 0 radical (unpaired) electrons. The van der Waals surface area contributed by atoms with Crippen LogP contribution < -0.4 is 10.1 Å². The smallest absolute Gasteiger partial charge is 0.235 e. The lowest BCUT2D eigenvalue weighted by Crippen LogP contribution is -2.38. The minimum atomic E-state index is -0.497. The average Bonchev–Trinajstić information content (AvgIpc) is 3.13. The molecular weight excluding hydrogens is 336 g/mol. The minimum Gasteiger partial charge on any atom is -0.473 e. The van der Waals surface area contributed by atoms with Crippen LogP contribution in [0.25, 0.3) is 0 Å². The Balaban J connectivity index is 1.77. The van der Waals surface area contributed by atoms with Crippen molar-refractivity contribution in [1.82, 2.24) is 4.98 Å². The van der Waals surface area contributed by atoms with Crippen molar-refractivity contribution in [2.24, 2.45) is 0 Å². The Hall–Kier alpha value is -2.33. The monoisotopic (exact) mass is 356 g/mol. The summed E-state index contributed by atoms with van der Waals surface area (Å²) in [6.45, 7) is 4.00. The number of ether oxygens (including phenoxy) is 1. The molecule has 2 aromatic rings. The number of carbonyl (C=O) groups is 1. The van der Waals surface area contributed by atoms with E-state index in [4.69, 9.17) is 16.3 Å². The summed E-state index contributed by atoms with van der Waals surface area (Å²) in [5, 5.41) is 3.69. The van der Waals surface area contributed by atoms with Gasteiger partial charge in [-0.05, 0) is 36.6 Å². The molecule has 0 saturated heterocycles. The van der Waals surface area contributed by atoms with E-state index in [1.165, 1.54) is 0 Å². The maximum absolute atomic E-state index is 13.1. The van der Waals surface area contributed by atoms with E-state index in [1.54, 1.807) is 24.4 Å². The fourth-order valence-corrected chi connectivity index (χ4v) is 3.45. The lowest BCUT2D eigenvalue weighted by molar-refractivity contribution is -0.121. The molecule has 0 aliphatic heterocycles. The van der Waals surface area contributed by atoms with Crippen LogP contribution in [-0.4, -0.2) is 17.5 Å². The van der Waals surface area contributed by atoms with Crippen molar-refractivity contribution in [2.45, 2.75) is 31.1 Å². The molecule has 0 atom stereocenters. The second kappa shape index (κ2) is 7.70. The van der Waals surface area contributed by atoms with Gasteiger partial charge in [0.05, 0.1) is 17.3 Å². The topological polar surface area (TPSA) is 51.2 Å². The van der Waals surface area contributed by atoms with Gasteiger partial charge in [0.2, 0.25) is 11.8 Å². The number of hydrogen-bond acceptors (Lipinski definition) is 3. The average molecular weight is 357 g/mol. The highest BCUT2D eigenvalue weighted by Crippen LogP contribution is 2.42. The number of aromatic nitrogens is 1. The van der Waals surface area contributed by atoms with Gasteiger partial charge in [-0.2, -0.15) is 0 Å². The summed E-state index contributed by atoms with van der Waals surface area (Å²) >= 11 is 6.00. The van der Waals surface area contributed by atoms with Crippen LogP contribution in [-0.2, 0) is 10.2 Å². The predicted molar refractivity (Wildman–Crippen MR) is 100 cm³/mol. The van der Waals surface area contributed by atoms with Gasteiger partial charge in [-0.25, -0.2) is 4.98 Å². The largest absolute Gasteiger partial charge is 0.473 e. The molecule has 25 heavy (non-hydrogen) atoms. The molecule has 0 bridgehead atoms. The SMILES string of the molecule is C=CCOc1ccc(NC(=O)C2(c3ccc(Cl)cc3)CCCC2)cn1. The molecule has 1 saturated carbocycles. The van der Waals surface area contributed by atoms with Crippen molar-refractivity contribution in [3.63, 3.8) is 0 Å². The summed E-state index contributed by atoms with van der Waals surface area (Å²) in [5.74, 6) is 0.514. The Morgan fingerprint density at radius 1 is 1.24 bits per heavy atom. The van der Waals surface area contributed by atoms with Crippen LogP contribution >= 0.6 is 11.6 Å². The first-order valence-corrected chi connectivity index (χ1v) is 8.79. The van der Waals surface area contributed by atoms with Gasteiger partial charge in [-0.1, -0.05) is 49.2 Å². The maximum Gasteiger partial charge on any atom is 0.235 e. The van der Waals surface area contributed by atoms with E-state index in [2.05, 4.69) is 16.9 Å². The quantitative estimate of drug-likeness (QED) is 0.760. The molecule has 1 fully saturated rings. The molecular formula is C20H21ClN2O2. The number of pyridine rings is 1. The molecule has 1 aromatic carbocycles. The van der Waals surface area contributed by atoms with Crippen molar-refractivity contribution in [3.05, 3.63) is 65.8 Å². The van der Waals surface area contributed by atoms with Crippen LogP contribution in [0.4, 0.5) is 5.69 Å². The van der Waals surface area contributed by atoms with Crippen LogP contribution in [0.1, 0.15) is 31.2 Å². The first kappa shape index (κ1) is 17.5. The Bertz CT molecular complexity index is 735. The fraction of sp³-hybridized carbons (Fsp3) is 0.300.